The van der Waals surface area contributed by atoms with Crippen molar-refractivity contribution in [3.8, 4) is 5.75 Å². The molecule has 2 saturated heterocycles. The van der Waals surface area contributed by atoms with Gasteiger partial charge in [-0.25, -0.2) is 4.98 Å². The summed E-state index contributed by atoms with van der Waals surface area (Å²) in [5.74, 6) is -0.262. The van der Waals surface area contributed by atoms with E-state index in [0.29, 0.717) is 48.7 Å². The molecule has 194 valence electrons. The molecule has 0 radical (unpaired) electrons. The monoisotopic (exact) mass is 525 g/mol. The van der Waals surface area contributed by atoms with Crippen molar-refractivity contribution in [1.82, 2.24) is 20.2 Å². The molecule has 1 unspecified atom stereocenters. The van der Waals surface area contributed by atoms with Crippen LogP contribution in [0.25, 0.3) is 10.9 Å². The van der Waals surface area contributed by atoms with Crippen LogP contribution in [-0.4, -0.2) is 46.0 Å². The molecule has 2 fully saturated rings. The highest BCUT2D eigenvalue weighted by Crippen LogP contribution is 2.30. The zero-order chi connectivity index (χ0) is 25.3. The number of carbonyl (C=O) groups excluding carboxylic acids is 3. The number of aryl methyl sites for hydroxylation is 1. The molecule has 10 nitrogen and oxygen atoms in total. The number of piperidine rings is 2. The molecule has 0 aliphatic carbocycles. The number of aromatic nitrogens is 2. The Labute approximate surface area is 219 Å². The van der Waals surface area contributed by atoms with E-state index in [-0.39, 0.29) is 42.4 Å². The molecule has 3 N–H and O–H groups in total. The van der Waals surface area contributed by atoms with E-state index in [2.05, 4.69) is 20.9 Å². The second-order valence-electron chi connectivity index (χ2n) is 9.12. The van der Waals surface area contributed by atoms with E-state index in [4.69, 9.17) is 4.74 Å². The molecule has 1 aromatic heterocycles. The Bertz CT molecular complexity index is 1400. The van der Waals surface area contributed by atoms with Gasteiger partial charge in [-0.1, -0.05) is 24.3 Å². The molecule has 3 heterocycles. The summed E-state index contributed by atoms with van der Waals surface area (Å²) in [6.45, 7) is 2.89. The summed E-state index contributed by atoms with van der Waals surface area (Å²) in [7, 11) is 0. The second-order valence-corrected chi connectivity index (χ2v) is 9.12. The molecule has 2 aliphatic heterocycles. The maximum atomic E-state index is 13.6. The molecule has 3 aromatic rings. The minimum absolute atomic E-state index is 0. The van der Waals surface area contributed by atoms with Crippen molar-refractivity contribution in [2.24, 2.45) is 0 Å². The van der Waals surface area contributed by atoms with Gasteiger partial charge in [0, 0.05) is 19.3 Å². The highest BCUT2D eigenvalue weighted by molar-refractivity contribution is 6.04. The van der Waals surface area contributed by atoms with Gasteiger partial charge in [-0.3, -0.25) is 29.1 Å². The Hall–Kier alpha value is -3.76. The predicted molar refractivity (Wildman–Crippen MR) is 140 cm³/mol. The van der Waals surface area contributed by atoms with Crippen molar-refractivity contribution in [3.05, 3.63) is 64.7 Å². The molecule has 1 atom stereocenters. The van der Waals surface area contributed by atoms with Crippen molar-refractivity contribution in [2.75, 3.05) is 18.4 Å². The van der Waals surface area contributed by atoms with Crippen LogP contribution in [0, 0.1) is 6.92 Å². The topological polar surface area (TPSA) is 131 Å². The van der Waals surface area contributed by atoms with Gasteiger partial charge in [0.15, 0.2) is 5.60 Å². The molecule has 0 saturated carbocycles. The van der Waals surface area contributed by atoms with Crippen molar-refractivity contribution in [2.45, 2.75) is 44.2 Å². The van der Waals surface area contributed by atoms with Crippen LogP contribution < -0.4 is 26.2 Å². The van der Waals surface area contributed by atoms with Gasteiger partial charge in [0.2, 0.25) is 11.8 Å². The number of rotatable bonds is 5. The van der Waals surface area contributed by atoms with Crippen LogP contribution in [0.2, 0.25) is 0 Å². The number of imide groups is 1. The number of fused-ring (bicyclic) bond motifs is 1. The molecule has 2 aliphatic rings. The Morgan fingerprint density at radius 3 is 2.51 bits per heavy atom. The summed E-state index contributed by atoms with van der Waals surface area (Å²) in [5.41, 5.74) is -0.755. The summed E-state index contributed by atoms with van der Waals surface area (Å²) >= 11 is 0. The van der Waals surface area contributed by atoms with Crippen LogP contribution in [0.1, 0.15) is 37.5 Å². The van der Waals surface area contributed by atoms with Gasteiger partial charge >= 0.3 is 0 Å². The third kappa shape index (κ3) is 5.07. The second kappa shape index (κ2) is 10.7. The van der Waals surface area contributed by atoms with Gasteiger partial charge in [-0.2, -0.15) is 0 Å². The highest BCUT2D eigenvalue weighted by Gasteiger charge is 2.42. The molecule has 5 rings (SSSR count). The molecule has 3 amide bonds. The van der Waals surface area contributed by atoms with E-state index < -0.39 is 23.1 Å². The number of halogens is 1. The van der Waals surface area contributed by atoms with E-state index in [1.54, 1.807) is 25.1 Å². The first-order chi connectivity index (χ1) is 17.4. The SMILES string of the molecule is Cc1nc2c(NC(=O)C3(Oc4ccccc4)CCNCC3)cccc2c(=O)n1C1CCC(=O)NC1=O.Cl. The molecular weight excluding hydrogens is 498 g/mol. The molecular formula is C26H28ClN5O5. The van der Waals surface area contributed by atoms with Crippen molar-refractivity contribution in [3.63, 3.8) is 0 Å². The number of benzene rings is 2. The number of hydrogen-bond donors (Lipinski definition) is 3. The number of carbonyl (C=O) groups is 3. The Balaban J connectivity index is 0.00000320. The third-order valence-electron chi connectivity index (χ3n) is 6.76. The van der Waals surface area contributed by atoms with E-state index in [1.165, 1.54) is 4.57 Å². The molecule has 2 aromatic carbocycles. The lowest BCUT2D eigenvalue weighted by molar-refractivity contribution is -0.136. The van der Waals surface area contributed by atoms with Crippen LogP contribution in [0.3, 0.4) is 0 Å². The van der Waals surface area contributed by atoms with Crippen molar-refractivity contribution < 1.29 is 19.1 Å². The lowest BCUT2D eigenvalue weighted by Gasteiger charge is -2.36. The van der Waals surface area contributed by atoms with E-state index in [0.717, 1.165) is 0 Å². The van der Waals surface area contributed by atoms with Crippen LogP contribution in [0.5, 0.6) is 5.75 Å². The van der Waals surface area contributed by atoms with Gasteiger partial charge in [0.1, 0.15) is 23.1 Å². The predicted octanol–water partition coefficient (Wildman–Crippen LogP) is 2.24. The van der Waals surface area contributed by atoms with Crippen LogP contribution in [-0.2, 0) is 14.4 Å². The van der Waals surface area contributed by atoms with Crippen molar-refractivity contribution >= 4 is 46.7 Å². The van der Waals surface area contributed by atoms with E-state index in [9.17, 15) is 19.2 Å². The van der Waals surface area contributed by atoms with Gasteiger partial charge in [0.05, 0.1) is 11.1 Å². The number of ether oxygens (including phenoxy) is 1. The van der Waals surface area contributed by atoms with E-state index in [1.807, 2.05) is 30.3 Å². The first-order valence-electron chi connectivity index (χ1n) is 12.0. The first kappa shape index (κ1) is 26.3. The maximum absolute atomic E-state index is 13.6. The normalized spacial score (nSPS) is 19.0. The molecule has 11 heteroatoms. The fraction of sp³-hybridized carbons (Fsp3) is 0.346. The number of nitrogens with zero attached hydrogens (tertiary/aromatic N) is 2. The fourth-order valence-electron chi connectivity index (χ4n) is 4.88. The maximum Gasteiger partial charge on any atom is 0.268 e. The zero-order valence-corrected chi connectivity index (χ0v) is 21.1. The summed E-state index contributed by atoms with van der Waals surface area (Å²) in [6.07, 6.45) is 1.33. The highest BCUT2D eigenvalue weighted by atomic mass is 35.5. The average molecular weight is 526 g/mol. The number of nitrogens with one attached hydrogen (secondary N) is 3. The van der Waals surface area contributed by atoms with Crippen LogP contribution in [0.4, 0.5) is 5.69 Å². The first-order valence-corrected chi connectivity index (χ1v) is 12.0. The van der Waals surface area contributed by atoms with Crippen LogP contribution in [0.15, 0.2) is 53.3 Å². The van der Waals surface area contributed by atoms with E-state index >= 15 is 0 Å². The summed E-state index contributed by atoms with van der Waals surface area (Å²) in [5, 5.41) is 8.78. The minimum atomic E-state index is -1.08. The number of hydrogen-bond acceptors (Lipinski definition) is 7. The van der Waals surface area contributed by atoms with Crippen molar-refractivity contribution in [1.29, 1.82) is 0 Å². The Kier molecular flexibility index (Phi) is 7.60. The van der Waals surface area contributed by atoms with Gasteiger partial charge in [0.25, 0.3) is 11.5 Å². The van der Waals surface area contributed by atoms with Crippen LogP contribution >= 0.6 is 12.4 Å². The molecule has 0 spiro atoms. The van der Waals surface area contributed by atoms with Gasteiger partial charge < -0.3 is 15.4 Å². The number of anilines is 1. The quantitative estimate of drug-likeness (QED) is 0.435. The minimum Gasteiger partial charge on any atom is -0.477 e. The Morgan fingerprint density at radius 1 is 1.08 bits per heavy atom. The largest absolute Gasteiger partial charge is 0.477 e. The third-order valence-corrected chi connectivity index (χ3v) is 6.76. The Morgan fingerprint density at radius 2 is 1.81 bits per heavy atom. The smallest absolute Gasteiger partial charge is 0.268 e. The fourth-order valence-corrected chi connectivity index (χ4v) is 4.88. The summed E-state index contributed by atoms with van der Waals surface area (Å²) < 4.78 is 7.57. The zero-order valence-electron chi connectivity index (χ0n) is 20.3. The van der Waals surface area contributed by atoms with Gasteiger partial charge in [-0.15, -0.1) is 12.4 Å². The molecule has 37 heavy (non-hydrogen) atoms. The number of para-hydroxylation sites is 2. The van der Waals surface area contributed by atoms with Gasteiger partial charge in [-0.05, 0) is 50.7 Å². The average Bonchev–Trinajstić information content (AvgIpc) is 2.87. The summed E-state index contributed by atoms with van der Waals surface area (Å²) in [4.78, 5) is 55.7. The number of amides is 3. The lowest BCUT2D eigenvalue weighted by atomic mass is 9.90. The standard InChI is InChI=1S/C26H27N5O5.ClH/c1-16-28-22-18(24(34)31(16)20-10-11-21(32)30-23(20)33)8-5-9-19(22)29-25(35)26(12-14-27-15-13-26)36-17-6-3-2-4-7-17;/h2-9,20,27H,10-15H2,1H3,(H,29,35)(H,30,32,33);1H. The molecule has 0 bridgehead atoms. The lowest BCUT2D eigenvalue weighted by Crippen LogP contribution is -2.54. The summed E-state index contributed by atoms with van der Waals surface area (Å²) in [6, 6.07) is 13.4.